The van der Waals surface area contributed by atoms with E-state index >= 15 is 0 Å². The molecule has 1 heteroatoms. The Morgan fingerprint density at radius 3 is 2.55 bits per heavy atom. The van der Waals surface area contributed by atoms with Crippen molar-refractivity contribution < 1.29 is 0 Å². The van der Waals surface area contributed by atoms with E-state index in [4.69, 9.17) is 0 Å². The van der Waals surface area contributed by atoms with Crippen LogP contribution < -0.4 is 5.32 Å². The van der Waals surface area contributed by atoms with Crippen molar-refractivity contribution in [3.8, 4) is 0 Å². The molecular formula is C19H29N. The lowest BCUT2D eigenvalue weighted by Crippen LogP contribution is -2.40. The molecule has 2 fully saturated rings. The fourth-order valence-electron chi connectivity index (χ4n) is 4.30. The van der Waals surface area contributed by atoms with Crippen LogP contribution in [0.4, 0.5) is 0 Å². The highest BCUT2D eigenvalue weighted by Gasteiger charge is 2.31. The van der Waals surface area contributed by atoms with Crippen LogP contribution in [0.2, 0.25) is 0 Å². The summed E-state index contributed by atoms with van der Waals surface area (Å²) in [5.74, 6) is 2.72. The summed E-state index contributed by atoms with van der Waals surface area (Å²) in [6, 6.07) is 11.7. The maximum absolute atomic E-state index is 3.85. The molecule has 0 radical (unpaired) electrons. The van der Waals surface area contributed by atoms with Crippen molar-refractivity contribution in [1.29, 1.82) is 0 Å². The standard InChI is InChI=1S/C19H29N/c1-15(16-7-3-2-4-8-16)14-20-19-12-11-17-9-5-6-10-18(17)13-19/h2-4,7-8,15,17-20H,5-6,9-14H2,1H3. The molecule has 0 aliphatic heterocycles. The van der Waals surface area contributed by atoms with E-state index in [1.807, 2.05) is 0 Å². The van der Waals surface area contributed by atoms with E-state index in [1.54, 1.807) is 0 Å². The molecule has 2 aliphatic rings. The number of hydrogen-bond acceptors (Lipinski definition) is 1. The minimum absolute atomic E-state index is 0.625. The second kappa shape index (κ2) is 6.76. The first-order valence-electron chi connectivity index (χ1n) is 8.61. The van der Waals surface area contributed by atoms with Crippen molar-refractivity contribution >= 4 is 0 Å². The van der Waals surface area contributed by atoms with Crippen molar-refractivity contribution in [2.45, 2.75) is 63.8 Å². The number of benzene rings is 1. The summed E-state index contributed by atoms with van der Waals surface area (Å²) in [5, 5.41) is 3.85. The van der Waals surface area contributed by atoms with Gasteiger partial charge in [-0.05, 0) is 42.6 Å². The second-order valence-electron chi connectivity index (χ2n) is 7.03. The summed E-state index contributed by atoms with van der Waals surface area (Å²) >= 11 is 0. The van der Waals surface area contributed by atoms with Crippen LogP contribution in [-0.2, 0) is 0 Å². The van der Waals surface area contributed by atoms with Crippen LogP contribution in [0.25, 0.3) is 0 Å². The maximum atomic E-state index is 3.85. The number of fused-ring (bicyclic) bond motifs is 1. The summed E-state index contributed by atoms with van der Waals surface area (Å²) in [7, 11) is 0. The monoisotopic (exact) mass is 271 g/mol. The molecule has 4 unspecified atom stereocenters. The Hall–Kier alpha value is -0.820. The van der Waals surface area contributed by atoms with Gasteiger partial charge in [0, 0.05) is 12.6 Å². The molecule has 110 valence electrons. The van der Waals surface area contributed by atoms with Gasteiger partial charge >= 0.3 is 0 Å². The molecular weight excluding hydrogens is 242 g/mol. The number of nitrogens with one attached hydrogen (secondary N) is 1. The largest absolute Gasteiger partial charge is 0.313 e. The molecule has 2 aliphatic carbocycles. The Bertz CT molecular complexity index is 399. The molecule has 2 saturated carbocycles. The molecule has 0 amide bonds. The number of hydrogen-bond donors (Lipinski definition) is 1. The summed E-state index contributed by atoms with van der Waals surface area (Å²) < 4.78 is 0. The minimum Gasteiger partial charge on any atom is -0.313 e. The summed E-state index contributed by atoms with van der Waals surface area (Å²) in [5.41, 5.74) is 1.46. The molecule has 20 heavy (non-hydrogen) atoms. The van der Waals surface area contributed by atoms with Crippen molar-refractivity contribution in [1.82, 2.24) is 5.32 Å². The van der Waals surface area contributed by atoms with Gasteiger partial charge in [0.05, 0.1) is 0 Å². The Morgan fingerprint density at radius 2 is 1.75 bits per heavy atom. The van der Waals surface area contributed by atoms with Crippen molar-refractivity contribution in [3.05, 3.63) is 35.9 Å². The maximum Gasteiger partial charge on any atom is 0.00701 e. The molecule has 0 saturated heterocycles. The average Bonchev–Trinajstić information content (AvgIpc) is 2.53. The third kappa shape index (κ3) is 3.44. The smallest absolute Gasteiger partial charge is 0.00701 e. The van der Waals surface area contributed by atoms with Gasteiger partial charge in [0.25, 0.3) is 0 Å². The van der Waals surface area contributed by atoms with E-state index in [-0.39, 0.29) is 0 Å². The van der Waals surface area contributed by atoms with Gasteiger partial charge in [0.15, 0.2) is 0 Å². The van der Waals surface area contributed by atoms with Crippen molar-refractivity contribution in [2.75, 3.05) is 6.54 Å². The van der Waals surface area contributed by atoms with E-state index in [2.05, 4.69) is 42.6 Å². The second-order valence-corrected chi connectivity index (χ2v) is 7.03. The Balaban J connectivity index is 1.47. The molecule has 1 aromatic rings. The molecule has 4 atom stereocenters. The fourth-order valence-corrected chi connectivity index (χ4v) is 4.30. The molecule has 1 N–H and O–H groups in total. The van der Waals surface area contributed by atoms with Crippen LogP contribution in [0, 0.1) is 11.8 Å². The van der Waals surface area contributed by atoms with Crippen LogP contribution in [0.5, 0.6) is 0 Å². The normalized spacial score (nSPS) is 31.6. The van der Waals surface area contributed by atoms with Crippen LogP contribution in [0.1, 0.15) is 63.4 Å². The first kappa shape index (κ1) is 14.1. The summed E-state index contributed by atoms with van der Waals surface area (Å²) in [6.07, 6.45) is 10.3. The fraction of sp³-hybridized carbons (Fsp3) is 0.684. The highest BCUT2D eigenvalue weighted by molar-refractivity contribution is 5.19. The Morgan fingerprint density at radius 1 is 1.00 bits per heavy atom. The molecule has 1 nitrogen and oxygen atoms in total. The van der Waals surface area contributed by atoms with Gasteiger partial charge in [-0.15, -0.1) is 0 Å². The van der Waals surface area contributed by atoms with Crippen LogP contribution in [0.15, 0.2) is 30.3 Å². The van der Waals surface area contributed by atoms with Gasteiger partial charge in [-0.2, -0.15) is 0 Å². The van der Waals surface area contributed by atoms with E-state index in [9.17, 15) is 0 Å². The Kier molecular flexibility index (Phi) is 4.77. The SMILES string of the molecule is CC(CNC1CCC2CCCCC2C1)c1ccccc1. The zero-order chi connectivity index (χ0) is 13.8. The molecule has 3 rings (SSSR count). The van der Waals surface area contributed by atoms with E-state index < -0.39 is 0 Å². The van der Waals surface area contributed by atoms with E-state index in [0.717, 1.165) is 24.4 Å². The predicted octanol–water partition coefficient (Wildman–Crippen LogP) is 4.74. The summed E-state index contributed by atoms with van der Waals surface area (Å²) in [4.78, 5) is 0. The first-order valence-corrected chi connectivity index (χ1v) is 8.61. The van der Waals surface area contributed by atoms with Crippen LogP contribution in [-0.4, -0.2) is 12.6 Å². The highest BCUT2D eigenvalue weighted by Crippen LogP contribution is 2.40. The molecule has 0 aromatic heterocycles. The van der Waals surface area contributed by atoms with Gasteiger partial charge in [0.2, 0.25) is 0 Å². The zero-order valence-corrected chi connectivity index (χ0v) is 12.9. The zero-order valence-electron chi connectivity index (χ0n) is 12.9. The van der Waals surface area contributed by atoms with E-state index in [1.165, 1.54) is 50.5 Å². The quantitative estimate of drug-likeness (QED) is 0.834. The summed E-state index contributed by atoms with van der Waals surface area (Å²) in [6.45, 7) is 3.47. The molecule has 0 spiro atoms. The van der Waals surface area contributed by atoms with Crippen molar-refractivity contribution in [3.63, 3.8) is 0 Å². The molecule has 1 aromatic carbocycles. The third-order valence-electron chi connectivity index (χ3n) is 5.62. The lowest BCUT2D eigenvalue weighted by molar-refractivity contribution is 0.143. The van der Waals surface area contributed by atoms with Gasteiger partial charge in [-0.3, -0.25) is 0 Å². The van der Waals surface area contributed by atoms with Crippen LogP contribution >= 0.6 is 0 Å². The average molecular weight is 271 g/mol. The molecule has 0 bridgehead atoms. The van der Waals surface area contributed by atoms with E-state index in [0.29, 0.717) is 5.92 Å². The minimum atomic E-state index is 0.625. The first-order chi connectivity index (χ1) is 9.83. The van der Waals surface area contributed by atoms with Gasteiger partial charge in [0.1, 0.15) is 0 Å². The Labute approximate surface area is 124 Å². The van der Waals surface area contributed by atoms with Gasteiger partial charge < -0.3 is 5.32 Å². The molecule has 0 heterocycles. The van der Waals surface area contributed by atoms with Crippen LogP contribution in [0.3, 0.4) is 0 Å². The lowest BCUT2D eigenvalue weighted by Gasteiger charge is -2.40. The lowest BCUT2D eigenvalue weighted by atomic mass is 9.69. The topological polar surface area (TPSA) is 12.0 Å². The van der Waals surface area contributed by atoms with Gasteiger partial charge in [-0.1, -0.05) is 62.9 Å². The van der Waals surface area contributed by atoms with Crippen molar-refractivity contribution in [2.24, 2.45) is 11.8 Å². The highest BCUT2D eigenvalue weighted by atomic mass is 14.9. The van der Waals surface area contributed by atoms with Gasteiger partial charge in [-0.25, -0.2) is 0 Å². The predicted molar refractivity (Wildman–Crippen MR) is 85.9 cm³/mol. The number of rotatable bonds is 4. The third-order valence-corrected chi connectivity index (χ3v) is 5.62.